The van der Waals surface area contributed by atoms with Crippen LogP contribution in [0.1, 0.15) is 16.7 Å². The quantitative estimate of drug-likeness (QED) is 0.421. The summed E-state index contributed by atoms with van der Waals surface area (Å²) in [6.07, 6.45) is -3.26. The van der Waals surface area contributed by atoms with Gasteiger partial charge in [0.05, 0.1) is 5.56 Å². The van der Waals surface area contributed by atoms with Crippen molar-refractivity contribution < 1.29 is 33.0 Å². The molecule has 0 aromatic heterocycles. The number of rotatable bonds is 3. The van der Waals surface area contributed by atoms with Gasteiger partial charge in [0.2, 0.25) is 4.91 Å². The van der Waals surface area contributed by atoms with Gasteiger partial charge in [-0.3, -0.25) is 4.79 Å². The van der Waals surface area contributed by atoms with Gasteiger partial charge in [-0.1, -0.05) is 24.3 Å². The number of carbonyl (C=O) groups is 2. The highest BCUT2D eigenvalue weighted by Crippen LogP contribution is 2.34. The third-order valence-corrected chi connectivity index (χ3v) is 5.83. The highest BCUT2D eigenvalue weighted by Gasteiger charge is 2.48. The minimum Gasteiger partial charge on any atom is -0.504 e. The first kappa shape index (κ1) is 18.8. The molecular weight excluding hydrogens is 383 g/mol. The zero-order valence-electron chi connectivity index (χ0n) is 13.6. The Labute approximate surface area is 154 Å². The van der Waals surface area contributed by atoms with Crippen LogP contribution in [0.5, 0.6) is 11.5 Å². The third kappa shape index (κ3) is 3.92. The third-order valence-electron chi connectivity index (χ3n) is 3.83. The highest BCUT2D eigenvalue weighted by molar-refractivity contribution is 8.15. The maximum absolute atomic E-state index is 12.9. The second-order valence-corrected chi connectivity index (χ2v) is 7.58. The van der Waals surface area contributed by atoms with Gasteiger partial charge in [0.1, 0.15) is 16.6 Å². The Morgan fingerprint density at radius 3 is 2.48 bits per heavy atom. The van der Waals surface area contributed by atoms with Crippen molar-refractivity contribution in [3.05, 3.63) is 64.1 Å². The summed E-state index contributed by atoms with van der Waals surface area (Å²) in [5, 5.41) is 21.0. The standard InChI is InChI=1S/C18H12F3NO4S/c19-18(20,21)12-5-1-3-10(7-12)9-27-14(16(25)22-17(27)26)8-11-4-2-6-13(23)15(11)24/h1-8H,9H2,(H2-,22,23,24,25,26)/p+1. The van der Waals surface area contributed by atoms with E-state index in [4.69, 9.17) is 0 Å². The van der Waals surface area contributed by atoms with E-state index in [9.17, 15) is 33.0 Å². The van der Waals surface area contributed by atoms with Crippen LogP contribution in [0.25, 0.3) is 6.08 Å². The van der Waals surface area contributed by atoms with Crippen LogP contribution in [0.3, 0.4) is 0 Å². The Morgan fingerprint density at radius 2 is 1.78 bits per heavy atom. The van der Waals surface area contributed by atoms with Gasteiger partial charge in [0.15, 0.2) is 11.5 Å². The molecule has 1 heterocycles. The molecule has 2 aromatic carbocycles. The normalized spacial score (nSPS) is 18.8. The molecule has 0 spiro atoms. The number of halogens is 3. The number of para-hydroxylation sites is 1. The van der Waals surface area contributed by atoms with E-state index < -0.39 is 45.3 Å². The van der Waals surface area contributed by atoms with Crippen molar-refractivity contribution in [3.63, 3.8) is 0 Å². The van der Waals surface area contributed by atoms with Crippen LogP contribution in [0, 0.1) is 0 Å². The molecule has 0 aliphatic carbocycles. The molecule has 2 amide bonds. The van der Waals surface area contributed by atoms with Crippen LogP contribution in [-0.2, 0) is 27.6 Å². The summed E-state index contributed by atoms with van der Waals surface area (Å²) in [5.74, 6) is -1.63. The molecule has 1 saturated heterocycles. The summed E-state index contributed by atoms with van der Waals surface area (Å²) in [6, 6.07) is 8.68. The average molecular weight is 396 g/mol. The number of alkyl halides is 3. The lowest BCUT2D eigenvalue weighted by Gasteiger charge is -2.07. The molecule has 9 heteroatoms. The number of carbonyl (C=O) groups excluding carboxylic acids is 2. The number of phenols is 2. The summed E-state index contributed by atoms with van der Waals surface area (Å²) in [5.41, 5.74) is -0.467. The molecule has 1 aliphatic rings. The monoisotopic (exact) mass is 396 g/mol. The van der Waals surface area contributed by atoms with Crippen molar-refractivity contribution >= 4 is 28.1 Å². The topological polar surface area (TPSA) is 86.6 Å². The molecule has 0 saturated carbocycles. The zero-order valence-corrected chi connectivity index (χ0v) is 14.4. The van der Waals surface area contributed by atoms with Crippen molar-refractivity contribution in [2.75, 3.05) is 0 Å². The van der Waals surface area contributed by atoms with Gasteiger partial charge in [0.25, 0.3) is 0 Å². The average Bonchev–Trinajstić information content (AvgIpc) is 2.85. The van der Waals surface area contributed by atoms with Gasteiger partial charge in [0, 0.05) is 17.2 Å². The van der Waals surface area contributed by atoms with Crippen molar-refractivity contribution in [1.29, 1.82) is 0 Å². The summed E-state index contributed by atoms with van der Waals surface area (Å²) >= 11 is 0. The van der Waals surface area contributed by atoms with Gasteiger partial charge in [-0.15, -0.1) is 0 Å². The number of nitrogens with one attached hydrogen (secondary N) is 1. The van der Waals surface area contributed by atoms with Gasteiger partial charge in [-0.05, 0) is 18.2 Å². The van der Waals surface area contributed by atoms with Crippen molar-refractivity contribution in [2.45, 2.75) is 11.9 Å². The van der Waals surface area contributed by atoms with E-state index in [0.29, 0.717) is 0 Å². The smallest absolute Gasteiger partial charge is 0.442 e. The van der Waals surface area contributed by atoms with E-state index >= 15 is 0 Å². The Bertz CT molecular complexity index is 956. The van der Waals surface area contributed by atoms with E-state index in [2.05, 4.69) is 5.32 Å². The zero-order chi connectivity index (χ0) is 19.8. The van der Waals surface area contributed by atoms with Crippen LogP contribution >= 0.6 is 0 Å². The summed E-state index contributed by atoms with van der Waals surface area (Å²) in [7, 11) is -1.34. The second kappa shape index (κ2) is 6.99. The first-order chi connectivity index (χ1) is 12.7. The molecule has 1 unspecified atom stereocenters. The Hall–Kier alpha value is -2.94. The number of hydrogen-bond donors (Lipinski definition) is 3. The largest absolute Gasteiger partial charge is 0.504 e. The fourth-order valence-electron chi connectivity index (χ4n) is 2.52. The molecule has 0 bridgehead atoms. The number of imide groups is 1. The van der Waals surface area contributed by atoms with E-state index in [1.165, 1.54) is 36.4 Å². The number of amides is 2. The molecule has 3 N–H and O–H groups in total. The fraction of sp³-hybridized carbons (Fsp3) is 0.111. The lowest BCUT2D eigenvalue weighted by molar-refractivity contribution is -0.137. The summed E-state index contributed by atoms with van der Waals surface area (Å²) in [6.45, 7) is 0. The van der Waals surface area contributed by atoms with Gasteiger partial charge >= 0.3 is 17.3 Å². The summed E-state index contributed by atoms with van der Waals surface area (Å²) in [4.78, 5) is 24.2. The Kier molecular flexibility index (Phi) is 4.88. The minimum atomic E-state index is -4.51. The minimum absolute atomic E-state index is 0.0262. The Morgan fingerprint density at radius 1 is 1.07 bits per heavy atom. The predicted molar refractivity (Wildman–Crippen MR) is 93.8 cm³/mol. The molecule has 1 aliphatic heterocycles. The van der Waals surface area contributed by atoms with Crippen molar-refractivity contribution in [3.8, 4) is 11.5 Å². The van der Waals surface area contributed by atoms with Crippen LogP contribution < -0.4 is 5.32 Å². The Balaban J connectivity index is 1.96. The van der Waals surface area contributed by atoms with Crippen LogP contribution in [0.15, 0.2) is 47.4 Å². The van der Waals surface area contributed by atoms with Crippen molar-refractivity contribution in [2.24, 2.45) is 0 Å². The molecule has 3 rings (SSSR count). The van der Waals surface area contributed by atoms with E-state index in [-0.39, 0.29) is 21.8 Å². The maximum atomic E-state index is 12.9. The molecular formula is C18H13F3NO4S+. The predicted octanol–water partition coefficient (Wildman–Crippen LogP) is 3.53. The van der Waals surface area contributed by atoms with Crippen LogP contribution in [-0.4, -0.2) is 21.4 Å². The van der Waals surface area contributed by atoms with E-state index in [1.54, 1.807) is 0 Å². The molecule has 1 fully saturated rings. The lowest BCUT2D eigenvalue weighted by Crippen LogP contribution is -2.21. The number of benzene rings is 2. The van der Waals surface area contributed by atoms with Crippen LogP contribution in [0.4, 0.5) is 18.0 Å². The van der Waals surface area contributed by atoms with Gasteiger partial charge < -0.3 is 10.2 Å². The van der Waals surface area contributed by atoms with Gasteiger partial charge in [-0.25, -0.2) is 10.1 Å². The number of phenolic OH excluding ortho intramolecular Hbond substituents is 2. The molecule has 5 nitrogen and oxygen atoms in total. The highest BCUT2D eigenvalue weighted by atomic mass is 32.2. The van der Waals surface area contributed by atoms with Crippen molar-refractivity contribution in [1.82, 2.24) is 5.32 Å². The fourth-order valence-corrected chi connectivity index (χ4v) is 4.28. The summed E-state index contributed by atoms with van der Waals surface area (Å²) < 4.78 is 38.6. The molecule has 140 valence electrons. The first-order valence-corrected chi connectivity index (χ1v) is 9.01. The molecule has 2 aromatic rings. The first-order valence-electron chi connectivity index (χ1n) is 7.62. The van der Waals surface area contributed by atoms with Gasteiger partial charge in [-0.2, -0.15) is 13.2 Å². The second-order valence-electron chi connectivity index (χ2n) is 5.70. The van der Waals surface area contributed by atoms with Crippen LogP contribution in [0.2, 0.25) is 0 Å². The van der Waals surface area contributed by atoms with E-state index in [1.807, 2.05) is 0 Å². The number of aromatic hydroxyl groups is 2. The molecule has 27 heavy (non-hydrogen) atoms. The number of hydrogen-bond acceptors (Lipinski definition) is 4. The molecule has 0 radical (unpaired) electrons. The lowest BCUT2D eigenvalue weighted by atomic mass is 10.1. The maximum Gasteiger partial charge on any atom is 0.442 e. The molecule has 1 atom stereocenters. The van der Waals surface area contributed by atoms with E-state index in [0.717, 1.165) is 12.1 Å². The SMILES string of the molecule is O=C1NC(=O)[S+](Cc2cccc(C(F)(F)F)c2)C1=Cc1cccc(O)c1O.